The Kier molecular flexibility index (Phi) is 5.73. The maximum atomic E-state index is 13.8. The molecule has 1 heterocycles. The van der Waals surface area contributed by atoms with Crippen LogP contribution in [0.1, 0.15) is 48.5 Å². The van der Waals surface area contributed by atoms with E-state index in [4.69, 9.17) is 9.47 Å². The molecular weight excluding hydrogens is 568 g/mol. The van der Waals surface area contributed by atoms with E-state index in [1.54, 1.807) is 30.3 Å². The number of phenolic OH excluding ortho intramolecular Hbond substituents is 4. The van der Waals surface area contributed by atoms with E-state index in [2.05, 4.69) is 5.10 Å². The number of aryl methyl sites for hydroxylation is 1. The van der Waals surface area contributed by atoms with Gasteiger partial charge in [0.25, 0.3) is 5.56 Å². The highest BCUT2D eigenvalue weighted by atomic mass is 16.5. The van der Waals surface area contributed by atoms with Crippen LogP contribution in [0.15, 0.2) is 47.4 Å². The van der Waals surface area contributed by atoms with Crippen LogP contribution in [-0.2, 0) is 12.8 Å². The highest BCUT2D eigenvalue weighted by Gasteiger charge is 2.42. The van der Waals surface area contributed by atoms with Gasteiger partial charge >= 0.3 is 0 Å². The third kappa shape index (κ3) is 3.43. The molecule has 1 aromatic heterocycles. The Morgan fingerprint density at radius 1 is 0.795 bits per heavy atom. The van der Waals surface area contributed by atoms with Gasteiger partial charge in [-0.25, -0.2) is 0 Å². The molecule has 0 unspecified atom stereocenters. The number of methoxy groups -OCH3 is 2. The number of rotatable bonds is 3. The molecule has 0 radical (unpaired) electrons. The Morgan fingerprint density at radius 2 is 1.57 bits per heavy atom. The minimum absolute atomic E-state index is 0.00981. The van der Waals surface area contributed by atoms with E-state index >= 15 is 0 Å². The van der Waals surface area contributed by atoms with E-state index in [0.717, 1.165) is 10.7 Å². The molecule has 0 aliphatic heterocycles. The molecule has 2 aliphatic carbocycles. The van der Waals surface area contributed by atoms with Crippen molar-refractivity contribution in [2.75, 3.05) is 14.2 Å². The average molecular weight is 593 g/mol. The first-order valence-corrected chi connectivity index (χ1v) is 13.6. The van der Waals surface area contributed by atoms with Crippen molar-refractivity contribution in [3.05, 3.63) is 91.9 Å². The van der Waals surface area contributed by atoms with Crippen molar-refractivity contribution in [3.8, 4) is 51.3 Å². The number of benzene rings is 4. The average Bonchev–Trinajstić information content (AvgIpc) is 3.02. The molecule has 0 fully saturated rings. The first kappa shape index (κ1) is 27.0. The number of ketones is 2. The van der Waals surface area contributed by atoms with Crippen LogP contribution in [0.4, 0.5) is 0 Å². The topological polar surface area (TPSA) is 168 Å². The van der Waals surface area contributed by atoms with Crippen molar-refractivity contribution in [1.82, 2.24) is 9.78 Å². The number of aromatic nitrogens is 2. The summed E-state index contributed by atoms with van der Waals surface area (Å²) in [4.78, 5) is 41.4. The zero-order valence-electron chi connectivity index (χ0n) is 23.7. The van der Waals surface area contributed by atoms with Crippen LogP contribution in [0, 0.1) is 6.92 Å². The van der Waals surface area contributed by atoms with Crippen LogP contribution in [-0.4, -0.2) is 56.0 Å². The van der Waals surface area contributed by atoms with Gasteiger partial charge in [0.2, 0.25) is 5.78 Å². The first-order chi connectivity index (χ1) is 21.1. The fourth-order valence-electron chi connectivity index (χ4n) is 6.37. The number of carbonyl (C=O) groups excluding carboxylic acids is 2. The number of hydrogen-bond donors (Lipinski definition) is 4. The predicted octanol–water partition coefficient (Wildman–Crippen LogP) is 4.07. The number of phenols is 4. The van der Waals surface area contributed by atoms with Crippen molar-refractivity contribution in [2.24, 2.45) is 0 Å². The van der Waals surface area contributed by atoms with Gasteiger partial charge in [-0.2, -0.15) is 9.78 Å². The summed E-state index contributed by atoms with van der Waals surface area (Å²) < 4.78 is 12.1. The van der Waals surface area contributed by atoms with Crippen molar-refractivity contribution in [1.29, 1.82) is 0 Å². The van der Waals surface area contributed by atoms with E-state index < -0.39 is 45.7 Å². The zero-order chi connectivity index (χ0) is 31.2. The second-order valence-corrected chi connectivity index (χ2v) is 10.7. The van der Waals surface area contributed by atoms with Crippen molar-refractivity contribution in [3.63, 3.8) is 0 Å². The van der Waals surface area contributed by atoms with Crippen LogP contribution >= 0.6 is 0 Å². The molecule has 5 aromatic rings. The Balaban J connectivity index is 1.53. The van der Waals surface area contributed by atoms with Gasteiger partial charge in [-0.05, 0) is 49.6 Å². The highest BCUT2D eigenvalue weighted by molar-refractivity contribution is 6.32. The molecule has 7 rings (SSSR count). The largest absolute Gasteiger partial charge is 0.508 e. The molecule has 220 valence electrons. The Bertz CT molecular complexity index is 2220. The monoisotopic (exact) mass is 592 g/mol. The number of fused-ring (bicyclic) bond motifs is 6. The first-order valence-electron chi connectivity index (χ1n) is 13.6. The summed E-state index contributed by atoms with van der Waals surface area (Å²) in [5, 5.41) is 49.1. The van der Waals surface area contributed by atoms with E-state index in [1.807, 2.05) is 0 Å². The Morgan fingerprint density at radius 3 is 2.30 bits per heavy atom. The summed E-state index contributed by atoms with van der Waals surface area (Å²) in [5.41, 5.74) is -0.299. The molecule has 0 spiro atoms. The fraction of sp³-hybridized carbons (Fsp3) is 0.152. The molecule has 4 N–H and O–H groups in total. The lowest BCUT2D eigenvalue weighted by Crippen LogP contribution is -2.24. The smallest absolute Gasteiger partial charge is 0.283 e. The Labute approximate surface area is 248 Å². The van der Waals surface area contributed by atoms with Gasteiger partial charge in [0.15, 0.2) is 5.78 Å². The predicted molar refractivity (Wildman–Crippen MR) is 158 cm³/mol. The molecule has 0 atom stereocenters. The van der Waals surface area contributed by atoms with Gasteiger partial charge in [-0.3, -0.25) is 14.4 Å². The maximum absolute atomic E-state index is 13.8. The van der Waals surface area contributed by atoms with Crippen LogP contribution in [0.2, 0.25) is 0 Å². The molecule has 0 saturated carbocycles. The minimum atomic E-state index is -0.823. The zero-order valence-corrected chi connectivity index (χ0v) is 23.7. The summed E-state index contributed by atoms with van der Waals surface area (Å²) in [7, 11) is 2.81. The summed E-state index contributed by atoms with van der Waals surface area (Å²) in [6.07, 6.45) is 2.07. The van der Waals surface area contributed by atoms with Crippen molar-refractivity contribution < 1.29 is 39.5 Å². The summed E-state index contributed by atoms with van der Waals surface area (Å²) in [6, 6.07) is 9.46. The lowest BCUT2D eigenvalue weighted by atomic mass is 9.75. The number of nitrogens with zero attached hydrogens (tertiary/aromatic N) is 2. The van der Waals surface area contributed by atoms with Crippen LogP contribution < -0.4 is 15.0 Å². The number of carbonyl (C=O) groups is 2. The Hall–Kier alpha value is -5.84. The second-order valence-electron chi connectivity index (χ2n) is 10.7. The van der Waals surface area contributed by atoms with Crippen LogP contribution in [0.5, 0.6) is 34.5 Å². The third-order valence-electron chi connectivity index (χ3n) is 8.51. The molecule has 0 bridgehead atoms. The summed E-state index contributed by atoms with van der Waals surface area (Å²) >= 11 is 0. The minimum Gasteiger partial charge on any atom is -0.508 e. The molecule has 0 amide bonds. The molecule has 11 nitrogen and oxygen atoms in total. The lowest BCUT2D eigenvalue weighted by Gasteiger charge is -2.29. The van der Waals surface area contributed by atoms with E-state index in [-0.39, 0.29) is 50.9 Å². The number of aromatic hydroxyl groups is 4. The maximum Gasteiger partial charge on any atom is 0.283 e. The molecule has 0 saturated heterocycles. The standard InChI is InChI=1S/C33H24N2O9/c1-13-20(36)11-19-24(27(13)37)31(41)26-25(28(19)38)30(40)23-18(32(26)44-3)8-7-14-9-15-12-34-35(16-5-4-6-17(10-16)43-2)33(42)22(15)29(39)21(14)23/h4-6,9-12,36-37,39-40H,7-8H2,1-3H3. The number of ether oxygens (including phenoxy) is 2. The molecular formula is C33H24N2O9. The summed E-state index contributed by atoms with van der Waals surface area (Å²) in [5.74, 6) is -3.03. The van der Waals surface area contributed by atoms with Gasteiger partial charge in [-0.15, -0.1) is 0 Å². The fourth-order valence-corrected chi connectivity index (χ4v) is 6.37. The van der Waals surface area contributed by atoms with E-state index in [9.17, 15) is 34.8 Å². The van der Waals surface area contributed by atoms with Gasteiger partial charge in [0.05, 0.1) is 48.2 Å². The van der Waals surface area contributed by atoms with E-state index in [1.165, 1.54) is 27.3 Å². The van der Waals surface area contributed by atoms with Crippen molar-refractivity contribution >= 4 is 22.3 Å². The van der Waals surface area contributed by atoms with Gasteiger partial charge in [0.1, 0.15) is 34.5 Å². The van der Waals surface area contributed by atoms with E-state index in [0.29, 0.717) is 34.4 Å². The molecule has 2 aliphatic rings. The lowest BCUT2D eigenvalue weighted by molar-refractivity contribution is 0.0971. The van der Waals surface area contributed by atoms with Crippen LogP contribution in [0.3, 0.4) is 0 Å². The van der Waals surface area contributed by atoms with Gasteiger partial charge in [-0.1, -0.05) is 6.07 Å². The molecule has 4 aromatic carbocycles. The van der Waals surface area contributed by atoms with Crippen molar-refractivity contribution in [2.45, 2.75) is 19.8 Å². The second kappa shape index (κ2) is 9.33. The SMILES string of the molecule is COc1cccc(-n2ncc3cc4c(c(O)c3c2=O)-c2c(O)c3c(c(OC)c2CC4)C(=O)c2c(cc(O)c(C)c2O)C3=O)c1. The quantitative estimate of drug-likeness (QED) is 0.235. The van der Waals surface area contributed by atoms with Gasteiger partial charge < -0.3 is 29.9 Å². The normalized spacial score (nSPS) is 13.2. The number of hydrogen-bond acceptors (Lipinski definition) is 10. The summed E-state index contributed by atoms with van der Waals surface area (Å²) in [6.45, 7) is 1.40. The molecule has 44 heavy (non-hydrogen) atoms. The third-order valence-corrected chi connectivity index (χ3v) is 8.51. The van der Waals surface area contributed by atoms with Gasteiger partial charge in [0, 0.05) is 39.3 Å². The molecule has 11 heteroatoms. The highest BCUT2D eigenvalue weighted by Crippen LogP contribution is 2.54. The van der Waals surface area contributed by atoms with Crippen LogP contribution in [0.25, 0.3) is 27.6 Å².